The van der Waals surface area contributed by atoms with Crippen LogP contribution in [0.3, 0.4) is 0 Å². The zero-order valence-electron chi connectivity index (χ0n) is 32.8. The first-order valence-electron chi connectivity index (χ1n) is 20.1. The molecular weight excluding hydrogens is 738 g/mol. The average molecular weight is 782 g/mol. The lowest BCUT2D eigenvalue weighted by molar-refractivity contribution is -0.136. The summed E-state index contributed by atoms with van der Waals surface area (Å²) in [6, 6.07) is 19.4. The summed E-state index contributed by atoms with van der Waals surface area (Å²) >= 11 is 0. The van der Waals surface area contributed by atoms with Crippen LogP contribution in [0.15, 0.2) is 64.1 Å². The van der Waals surface area contributed by atoms with Gasteiger partial charge in [-0.1, -0.05) is 29.4 Å². The maximum Gasteiger partial charge on any atom is 0.262 e. The predicted octanol–water partition coefficient (Wildman–Crippen LogP) is 7.15. The van der Waals surface area contributed by atoms with Crippen LogP contribution in [0.1, 0.15) is 94.7 Å². The third-order valence-electron chi connectivity index (χ3n) is 12.9. The first kappa shape index (κ1) is 37.6. The number of anilines is 2. The molecule has 1 atom stereocenters. The fraction of sp³-hybridized carbons (Fsp3) is 0.400. The van der Waals surface area contributed by atoms with Crippen molar-refractivity contribution in [2.45, 2.75) is 95.7 Å². The van der Waals surface area contributed by atoms with Gasteiger partial charge in [0, 0.05) is 48.7 Å². The minimum absolute atomic E-state index is 0.00363. The lowest BCUT2D eigenvalue weighted by Crippen LogP contribution is -2.61. The van der Waals surface area contributed by atoms with Gasteiger partial charge in [-0.3, -0.25) is 39.3 Å². The fourth-order valence-corrected chi connectivity index (χ4v) is 9.33. The van der Waals surface area contributed by atoms with Crippen LogP contribution in [0.5, 0.6) is 0 Å². The number of benzene rings is 3. The molecule has 13 heteroatoms. The fourth-order valence-electron chi connectivity index (χ4n) is 9.33. The second-order valence-electron chi connectivity index (χ2n) is 16.6. The molecule has 9 rings (SSSR count). The Kier molecular flexibility index (Phi) is 9.35. The number of carbonyl (C=O) groups is 4. The van der Waals surface area contributed by atoms with E-state index in [2.05, 4.69) is 80.7 Å². The number of hydrogen-bond acceptors (Lipinski definition) is 10. The van der Waals surface area contributed by atoms with Crippen molar-refractivity contribution in [3.8, 4) is 17.2 Å². The van der Waals surface area contributed by atoms with Gasteiger partial charge in [-0.05, 0) is 119 Å². The van der Waals surface area contributed by atoms with Crippen molar-refractivity contribution in [2.24, 2.45) is 10.9 Å². The summed E-state index contributed by atoms with van der Waals surface area (Å²) < 4.78 is 20.8. The third-order valence-corrected chi connectivity index (χ3v) is 12.9. The molecule has 58 heavy (non-hydrogen) atoms. The summed E-state index contributed by atoms with van der Waals surface area (Å²) in [5, 5.41) is 16.2. The third kappa shape index (κ3) is 6.49. The zero-order valence-corrected chi connectivity index (χ0v) is 32.8. The number of nitrogens with one attached hydrogen (secondary N) is 1. The highest BCUT2D eigenvalue weighted by Crippen LogP contribution is 2.48. The number of aryl methyl sites for hydroxylation is 3. The van der Waals surface area contributed by atoms with E-state index in [1.807, 2.05) is 13.8 Å². The normalized spacial score (nSPS) is 23.2. The Morgan fingerprint density at radius 3 is 2.29 bits per heavy atom. The van der Waals surface area contributed by atoms with Crippen molar-refractivity contribution >= 4 is 46.9 Å². The molecule has 3 aromatic carbocycles. The van der Waals surface area contributed by atoms with Gasteiger partial charge in [0.15, 0.2) is 0 Å². The van der Waals surface area contributed by atoms with Gasteiger partial charge in [0.05, 0.1) is 40.0 Å². The SMILES string of the molecule is Cc1ccc(-c2c(C)noc2C)cc1N(c1ccc(C2(C#N)CC2)cc1)C1CN(C2CCC(/C=N/c3cc4c(cc3F)C(=O)N(C3CCC(=O)NC3=O)C4=O)CC2)C1. The second-order valence-corrected chi connectivity index (χ2v) is 16.6. The number of aromatic nitrogens is 1. The molecule has 2 saturated carbocycles. The maximum atomic E-state index is 15.3. The van der Waals surface area contributed by atoms with E-state index in [1.165, 1.54) is 6.07 Å². The number of nitrogens with zero attached hydrogens (tertiary/aromatic N) is 6. The van der Waals surface area contributed by atoms with Gasteiger partial charge in [0.25, 0.3) is 11.8 Å². The molecule has 2 saturated heterocycles. The number of fused-ring (bicyclic) bond motifs is 1. The molecule has 0 radical (unpaired) electrons. The van der Waals surface area contributed by atoms with Crippen molar-refractivity contribution in [3.05, 3.63) is 94.1 Å². The van der Waals surface area contributed by atoms with Crippen molar-refractivity contribution in [3.63, 3.8) is 0 Å². The molecule has 1 aromatic heterocycles. The monoisotopic (exact) mass is 781 g/mol. The summed E-state index contributed by atoms with van der Waals surface area (Å²) in [5.74, 6) is -2.42. The van der Waals surface area contributed by atoms with Gasteiger partial charge in [-0.25, -0.2) is 4.39 Å². The number of imide groups is 2. The summed E-state index contributed by atoms with van der Waals surface area (Å²) in [6.07, 6.45) is 7.29. The van der Waals surface area contributed by atoms with E-state index < -0.39 is 35.5 Å². The van der Waals surface area contributed by atoms with Crippen LogP contribution in [0.2, 0.25) is 0 Å². The number of likely N-dealkylation sites (tertiary alicyclic amines) is 1. The minimum atomic E-state index is -1.12. The van der Waals surface area contributed by atoms with Gasteiger partial charge >= 0.3 is 0 Å². The molecule has 3 aliphatic heterocycles. The van der Waals surface area contributed by atoms with E-state index in [1.54, 1.807) is 6.21 Å². The Morgan fingerprint density at radius 1 is 0.948 bits per heavy atom. The van der Waals surface area contributed by atoms with E-state index in [0.29, 0.717) is 6.04 Å². The highest BCUT2D eigenvalue weighted by molar-refractivity contribution is 6.23. The zero-order chi connectivity index (χ0) is 40.5. The predicted molar refractivity (Wildman–Crippen MR) is 214 cm³/mol. The quantitative estimate of drug-likeness (QED) is 0.138. The molecule has 5 aliphatic rings. The van der Waals surface area contributed by atoms with Crippen molar-refractivity contribution < 1.29 is 28.1 Å². The Labute approximate surface area is 335 Å². The Balaban J connectivity index is 0.874. The van der Waals surface area contributed by atoms with Crippen LogP contribution in [-0.4, -0.2) is 76.0 Å². The van der Waals surface area contributed by atoms with Crippen LogP contribution in [-0.2, 0) is 15.0 Å². The number of nitriles is 1. The summed E-state index contributed by atoms with van der Waals surface area (Å²) in [5.41, 5.74) is 6.90. The van der Waals surface area contributed by atoms with Crippen LogP contribution in [0.4, 0.5) is 21.5 Å². The van der Waals surface area contributed by atoms with Gasteiger partial charge in [0.2, 0.25) is 11.8 Å². The van der Waals surface area contributed by atoms with E-state index in [4.69, 9.17) is 4.52 Å². The van der Waals surface area contributed by atoms with Crippen molar-refractivity contribution in [1.29, 1.82) is 5.26 Å². The number of amides is 4. The largest absolute Gasteiger partial charge is 0.361 e. The van der Waals surface area contributed by atoms with Crippen molar-refractivity contribution in [1.82, 2.24) is 20.3 Å². The molecule has 4 heterocycles. The number of hydrogen-bond donors (Lipinski definition) is 1. The average Bonchev–Trinajstić information content (AvgIpc) is 3.88. The lowest BCUT2D eigenvalue weighted by Gasteiger charge is -2.51. The van der Waals surface area contributed by atoms with Crippen molar-refractivity contribution in [2.75, 3.05) is 18.0 Å². The molecule has 0 spiro atoms. The van der Waals surface area contributed by atoms with Gasteiger partial charge in [-0.2, -0.15) is 5.26 Å². The first-order valence-corrected chi connectivity index (χ1v) is 20.1. The van der Waals surface area contributed by atoms with Crippen LogP contribution in [0.25, 0.3) is 11.1 Å². The Hall–Kier alpha value is -6.00. The lowest BCUT2D eigenvalue weighted by atomic mass is 9.84. The number of aliphatic imine (C=N–C) groups is 1. The molecule has 2 aliphatic carbocycles. The molecule has 4 amide bonds. The van der Waals surface area contributed by atoms with E-state index in [9.17, 15) is 24.4 Å². The van der Waals surface area contributed by atoms with Gasteiger partial charge in [-0.15, -0.1) is 0 Å². The number of piperidine rings is 1. The molecule has 4 fully saturated rings. The van der Waals surface area contributed by atoms with Gasteiger partial charge in [0.1, 0.15) is 17.6 Å². The minimum Gasteiger partial charge on any atom is -0.361 e. The topological polar surface area (TPSA) is 152 Å². The van der Waals surface area contributed by atoms with Crippen LogP contribution < -0.4 is 10.2 Å². The Morgan fingerprint density at radius 2 is 1.66 bits per heavy atom. The summed E-state index contributed by atoms with van der Waals surface area (Å²) in [6.45, 7) is 7.84. The highest BCUT2D eigenvalue weighted by atomic mass is 19.1. The second kappa shape index (κ2) is 14.4. The van der Waals surface area contributed by atoms with Crippen LogP contribution in [0, 0.1) is 43.8 Å². The molecule has 1 unspecified atom stereocenters. The van der Waals surface area contributed by atoms with E-state index in [-0.39, 0.29) is 47.0 Å². The molecule has 0 bridgehead atoms. The smallest absolute Gasteiger partial charge is 0.262 e. The number of carbonyl (C=O) groups excluding carboxylic acids is 4. The van der Waals surface area contributed by atoms with Crippen LogP contribution >= 0.6 is 0 Å². The van der Waals surface area contributed by atoms with Gasteiger partial charge < -0.3 is 9.42 Å². The molecular formula is C45H44FN7O5. The Bertz CT molecular complexity index is 2410. The molecule has 4 aromatic rings. The molecule has 296 valence electrons. The first-order chi connectivity index (χ1) is 27.9. The molecule has 12 nitrogen and oxygen atoms in total. The molecule has 1 N–H and O–H groups in total. The van der Waals surface area contributed by atoms with E-state index >= 15 is 4.39 Å². The number of halogens is 1. The standard InChI is InChI=1S/C45H44FN7O5/c1-25-4-7-29(41-26(2)50-58-27(41)3)18-39(25)52(32-12-8-30(9-13-32)45(24-47)16-17-45)33-22-51(23-33)31-10-5-28(6-11-31)21-48-37-20-35-34(19-36(37)46)43(56)53(44(35)57)38-14-15-40(54)49-42(38)55/h4,7-9,12-13,18-21,28,31,33,38H,5-6,10-11,14-17,22-23H2,1-3H3,(H,49,54,55)/b48-21+. The maximum absolute atomic E-state index is 15.3. The van der Waals surface area contributed by atoms with E-state index in [0.717, 1.165) is 108 Å². The number of rotatable bonds is 9. The highest BCUT2D eigenvalue weighted by Gasteiger charge is 2.46. The summed E-state index contributed by atoms with van der Waals surface area (Å²) in [7, 11) is 0. The summed E-state index contributed by atoms with van der Waals surface area (Å²) in [4.78, 5) is 60.7.